The number of hydrogen-bond donors (Lipinski definition) is 0. The monoisotopic (exact) mass is 1110 g/mol. The average molecular weight is 1110 g/mol. The van der Waals surface area contributed by atoms with Gasteiger partial charge in [0, 0.05) is 42.3 Å². The summed E-state index contributed by atoms with van der Waals surface area (Å²) >= 11 is -2.32. The van der Waals surface area contributed by atoms with Gasteiger partial charge in [-0.05, 0) is 42.3 Å². The second-order valence-electron chi connectivity index (χ2n) is 17.6. The van der Waals surface area contributed by atoms with Gasteiger partial charge in [0.1, 0.15) is 0 Å². The van der Waals surface area contributed by atoms with Crippen LogP contribution in [0, 0.1) is 19.1 Å². The Morgan fingerprint density at radius 1 is 0.672 bits per heavy atom. The average Bonchev–Trinajstić information content (AvgIpc) is 3.95. The summed E-state index contributed by atoms with van der Waals surface area (Å²) in [7, 11) is 0. The molecule has 0 saturated carbocycles. The number of imidazole rings is 1. The molecule has 0 saturated heterocycles. The minimum atomic E-state index is -2.32. The molecule has 7 heteroatoms. The minimum Gasteiger partial charge on any atom is 0 e. The van der Waals surface area contributed by atoms with Crippen molar-refractivity contribution >= 4 is 50.8 Å². The van der Waals surface area contributed by atoms with Crippen molar-refractivity contribution in [3.05, 3.63) is 223 Å². The van der Waals surface area contributed by atoms with Gasteiger partial charge in [0.2, 0.25) is 5.71 Å². The molecule has 0 aliphatic carbocycles. The Morgan fingerprint density at radius 2 is 1.33 bits per heavy atom. The van der Waals surface area contributed by atoms with Gasteiger partial charge in [-0.3, -0.25) is 4.98 Å². The van der Waals surface area contributed by atoms with Gasteiger partial charge in [-0.15, -0.1) is 18.2 Å². The van der Waals surface area contributed by atoms with E-state index in [1.807, 2.05) is 105 Å². The molecule has 0 aliphatic rings. The smallest absolute Gasteiger partial charge is 0 e. The molecule has 67 heavy (non-hydrogen) atoms. The van der Waals surface area contributed by atoms with Crippen LogP contribution in [0.4, 0.5) is 0 Å². The molecule has 0 N–H and O–H groups in total. The third-order valence-corrected chi connectivity index (χ3v) is 16.2. The largest absolute Gasteiger partial charge is 0 e. The van der Waals surface area contributed by atoms with Gasteiger partial charge in [-0.2, -0.15) is 0 Å². The molecule has 11 rings (SSSR count). The molecule has 1 unspecified atom stereocenters. The number of furan rings is 1. The number of pyridine rings is 2. The van der Waals surface area contributed by atoms with Crippen LogP contribution in [0.1, 0.15) is 32.4 Å². The quantitative estimate of drug-likeness (QED) is 0.107. The number of aromatic nitrogens is 4. The molecule has 11 aromatic rings. The van der Waals surface area contributed by atoms with Crippen LogP contribution < -0.4 is 4.40 Å². The van der Waals surface area contributed by atoms with Crippen molar-refractivity contribution in [3.63, 3.8) is 0 Å². The number of fused-ring (bicyclic) bond motifs is 4. The van der Waals surface area contributed by atoms with Crippen molar-refractivity contribution in [2.45, 2.75) is 43.4 Å². The van der Waals surface area contributed by atoms with E-state index >= 15 is 0 Å². The first-order chi connectivity index (χ1) is 33.0. The molecule has 331 valence electrons. The van der Waals surface area contributed by atoms with Crippen molar-refractivity contribution in [1.29, 1.82) is 0 Å². The zero-order valence-corrected chi connectivity index (χ0v) is 42.6. The first kappa shape index (κ1) is 42.9. The van der Waals surface area contributed by atoms with Gasteiger partial charge in [-0.1, -0.05) is 102 Å². The third kappa shape index (κ3) is 9.35. The summed E-state index contributed by atoms with van der Waals surface area (Å²) in [6.45, 7) is 3.95. The van der Waals surface area contributed by atoms with Crippen molar-refractivity contribution in [2.75, 3.05) is 0 Å². The van der Waals surface area contributed by atoms with E-state index in [1.54, 1.807) is 0 Å². The van der Waals surface area contributed by atoms with Crippen LogP contribution in [0.3, 0.4) is 0 Å². The molecule has 7 aromatic carbocycles. The summed E-state index contributed by atoms with van der Waals surface area (Å²) in [5, 5.41) is 1.98. The number of rotatable bonds is 9. The summed E-state index contributed by atoms with van der Waals surface area (Å²) in [5.74, 6) is 7.39. The van der Waals surface area contributed by atoms with E-state index in [0.717, 1.165) is 99.2 Å². The zero-order valence-electron chi connectivity index (χ0n) is 40.1. The molecule has 0 amide bonds. The van der Waals surface area contributed by atoms with Crippen LogP contribution in [0.5, 0.6) is 0 Å². The molecule has 1 radical (unpaired) electrons. The first-order valence-electron chi connectivity index (χ1n) is 23.4. The van der Waals surface area contributed by atoms with Crippen molar-refractivity contribution in [3.8, 4) is 50.6 Å². The van der Waals surface area contributed by atoms with E-state index in [-0.39, 0.29) is 26.0 Å². The van der Waals surface area contributed by atoms with Crippen LogP contribution in [0.25, 0.3) is 83.7 Å². The Bertz CT molecular complexity index is 3500. The fourth-order valence-electron chi connectivity index (χ4n) is 8.72. The van der Waals surface area contributed by atoms with Crippen LogP contribution in [0.15, 0.2) is 199 Å². The molecular weight excluding hydrogens is 1060 g/mol. The number of aryl methyl sites for hydroxylation is 1. The summed E-state index contributed by atoms with van der Waals surface area (Å²) < 4.78 is 27.9. The van der Waals surface area contributed by atoms with E-state index in [0.29, 0.717) is 5.71 Å². The van der Waals surface area contributed by atoms with Gasteiger partial charge < -0.3 is 8.98 Å². The van der Waals surface area contributed by atoms with Crippen molar-refractivity contribution < 1.29 is 27.3 Å². The summed E-state index contributed by atoms with van der Waals surface area (Å²) in [5.41, 5.74) is 14.0. The maximum Gasteiger partial charge on any atom is 0 e. The predicted molar refractivity (Wildman–Crippen MR) is 276 cm³/mol. The van der Waals surface area contributed by atoms with Crippen LogP contribution in [-0.2, 0) is 26.5 Å². The molecule has 1 atom stereocenters. The second-order valence-corrected chi connectivity index (χ2v) is 28.2. The molecule has 0 aliphatic heterocycles. The number of para-hydroxylation sites is 3. The zero-order chi connectivity index (χ0) is 47.0. The van der Waals surface area contributed by atoms with E-state index in [4.69, 9.17) is 12.1 Å². The first-order valence-corrected chi connectivity index (χ1v) is 29.8. The van der Waals surface area contributed by atoms with E-state index < -0.39 is 19.6 Å². The Morgan fingerprint density at radius 3 is 2.00 bits per heavy atom. The van der Waals surface area contributed by atoms with Crippen molar-refractivity contribution in [2.24, 2.45) is 0 Å². The number of hydrogen-bond acceptors (Lipinski definition) is 4. The number of nitrogens with zero attached hydrogens (tertiary/aromatic N) is 4. The van der Waals surface area contributed by atoms with Gasteiger partial charge in [0.25, 0.3) is 0 Å². The second kappa shape index (κ2) is 19.6. The topological polar surface area (TPSA) is 56.7 Å². The standard InChI is InChI=1S/C37H24N3O.C23H26GeN.Ir/c1-24-22-23-30-29-18-11-19-31(35(29)41-37(30)38-24)36-39-32-20-8-9-21-33(32)40(36)34-27(25-12-4-2-5-13-25)16-10-17-28(34)26-14-6-3-7-15-26;1-18(19-11-7-5-8-12-19)15-21-16-23(20-13-9-6-10-14-20)25-17-22(21)24(2,3)4;/h2-18,20-23H,1H3;5-13,16-18H,15H2,1-4H3;/q2*-1;/i;15D2;. The van der Waals surface area contributed by atoms with Gasteiger partial charge in [0.15, 0.2) is 0 Å². The van der Waals surface area contributed by atoms with E-state index in [2.05, 4.69) is 147 Å². The van der Waals surface area contributed by atoms with E-state index in [1.165, 1.54) is 0 Å². The Hall–Kier alpha value is -6.70. The van der Waals surface area contributed by atoms with Gasteiger partial charge in [0.05, 0.1) is 28.1 Å². The predicted octanol–water partition coefficient (Wildman–Crippen LogP) is 14.9. The Balaban J connectivity index is 0.000000185. The summed E-state index contributed by atoms with van der Waals surface area (Å²) in [4.78, 5) is 14.6. The Kier molecular flexibility index (Phi) is 12.6. The fraction of sp³-hybridized carbons (Fsp3) is 0.117. The maximum absolute atomic E-state index is 9.05. The van der Waals surface area contributed by atoms with Crippen LogP contribution in [-0.4, -0.2) is 32.8 Å². The Labute approximate surface area is 412 Å². The van der Waals surface area contributed by atoms with E-state index in [9.17, 15) is 0 Å². The van der Waals surface area contributed by atoms with Gasteiger partial charge in [-0.25, -0.2) is 4.98 Å². The molecular formula is C60H50GeIrN4O-2. The molecule has 4 heterocycles. The minimum absolute atomic E-state index is 0. The molecule has 4 aromatic heterocycles. The molecule has 0 spiro atoms. The maximum atomic E-state index is 9.05. The molecule has 5 nitrogen and oxygen atoms in total. The summed E-state index contributed by atoms with van der Waals surface area (Å²) in [6.07, 6.45) is 0.433. The normalized spacial score (nSPS) is 12.5. The van der Waals surface area contributed by atoms with Crippen molar-refractivity contribution in [1.82, 2.24) is 19.5 Å². The summed E-state index contributed by atoms with van der Waals surface area (Å²) in [6, 6.07) is 70.3. The van der Waals surface area contributed by atoms with Crippen LogP contribution >= 0.6 is 0 Å². The third-order valence-electron chi connectivity index (χ3n) is 12.0. The van der Waals surface area contributed by atoms with Gasteiger partial charge >= 0.3 is 157 Å². The molecule has 0 fully saturated rings. The van der Waals surface area contributed by atoms with Crippen LogP contribution in [0.2, 0.25) is 17.3 Å². The number of benzene rings is 7. The molecule has 0 bridgehead atoms. The SMILES string of the molecule is Cc1ccc2c(n1)oc1c(-c3nc4ccccc4n3-c3c(-c4ccccc4)cccc3-c3ccccc3)[c-]ccc12.[2H]C([2H])(c1cc(-c2[c-]cccc2)nc[c]1[Ge]([CH3])([CH3])[CH3])C(C)c1ccccc1.[Ir]. The fourth-order valence-corrected chi connectivity index (χ4v) is 11.7.